The van der Waals surface area contributed by atoms with E-state index >= 15 is 0 Å². The van der Waals surface area contributed by atoms with Crippen LogP contribution < -0.4 is 0 Å². The molecule has 1 fully saturated rings. The number of amides is 1. The lowest BCUT2D eigenvalue weighted by atomic mass is 9.96. The summed E-state index contributed by atoms with van der Waals surface area (Å²) in [5.41, 5.74) is 0.504. The molecule has 1 aliphatic heterocycles. The number of pyridine rings is 1. The van der Waals surface area contributed by atoms with Gasteiger partial charge in [0.2, 0.25) is 5.89 Å². The smallest absolute Gasteiger partial charge is 0.272 e. The molecule has 6 nitrogen and oxygen atoms in total. The summed E-state index contributed by atoms with van der Waals surface area (Å²) < 4.78 is 5.36. The number of aromatic nitrogens is 3. The normalized spacial score (nSPS) is 16.0. The van der Waals surface area contributed by atoms with E-state index in [1.54, 1.807) is 12.3 Å². The van der Waals surface area contributed by atoms with Crippen LogP contribution in [0.3, 0.4) is 0 Å². The lowest BCUT2D eigenvalue weighted by Gasteiger charge is -2.30. The van der Waals surface area contributed by atoms with Crippen LogP contribution in [-0.4, -0.2) is 39.0 Å². The molecule has 0 bridgehead atoms. The zero-order valence-corrected chi connectivity index (χ0v) is 12.7. The van der Waals surface area contributed by atoms with Gasteiger partial charge in [-0.15, -0.1) is 0 Å². The van der Waals surface area contributed by atoms with Gasteiger partial charge in [-0.3, -0.25) is 9.78 Å². The SMILES string of the molecule is CCCc1noc(C2CCN(C(=O)c3ccccn3)CC2)n1. The average Bonchev–Trinajstić information content (AvgIpc) is 3.04. The Labute approximate surface area is 129 Å². The Hall–Kier alpha value is -2.24. The molecule has 3 heterocycles. The Bertz CT molecular complexity index is 618. The quantitative estimate of drug-likeness (QED) is 0.867. The number of hydrogen-bond donors (Lipinski definition) is 0. The monoisotopic (exact) mass is 300 g/mol. The van der Waals surface area contributed by atoms with E-state index in [2.05, 4.69) is 22.0 Å². The first kappa shape index (κ1) is 14.7. The molecule has 3 rings (SSSR count). The van der Waals surface area contributed by atoms with E-state index in [0.717, 1.165) is 31.5 Å². The summed E-state index contributed by atoms with van der Waals surface area (Å²) in [6.07, 6.45) is 5.21. The van der Waals surface area contributed by atoms with Crippen LogP contribution in [0, 0.1) is 0 Å². The van der Waals surface area contributed by atoms with Gasteiger partial charge in [-0.1, -0.05) is 18.1 Å². The van der Waals surface area contributed by atoms with E-state index in [1.165, 1.54) is 0 Å². The summed E-state index contributed by atoms with van der Waals surface area (Å²) in [6.45, 7) is 3.49. The van der Waals surface area contributed by atoms with Crippen LogP contribution in [0.1, 0.15) is 54.3 Å². The Balaban J connectivity index is 1.59. The van der Waals surface area contributed by atoms with E-state index in [4.69, 9.17) is 4.52 Å². The molecule has 0 atom stereocenters. The molecular formula is C16H20N4O2. The van der Waals surface area contributed by atoms with Crippen LogP contribution in [0.4, 0.5) is 0 Å². The van der Waals surface area contributed by atoms with E-state index < -0.39 is 0 Å². The van der Waals surface area contributed by atoms with Gasteiger partial charge in [0.15, 0.2) is 5.82 Å². The fourth-order valence-corrected chi connectivity index (χ4v) is 2.74. The van der Waals surface area contributed by atoms with Crippen LogP contribution in [-0.2, 0) is 6.42 Å². The van der Waals surface area contributed by atoms with Crippen LogP contribution >= 0.6 is 0 Å². The van der Waals surface area contributed by atoms with Crippen molar-refractivity contribution in [1.29, 1.82) is 0 Å². The molecule has 2 aromatic heterocycles. The zero-order chi connectivity index (χ0) is 15.4. The Kier molecular flexibility index (Phi) is 4.46. The molecule has 0 saturated carbocycles. The number of piperidine rings is 1. The number of likely N-dealkylation sites (tertiary alicyclic amines) is 1. The van der Waals surface area contributed by atoms with Crippen molar-refractivity contribution in [3.8, 4) is 0 Å². The fraction of sp³-hybridized carbons (Fsp3) is 0.500. The fourth-order valence-electron chi connectivity index (χ4n) is 2.74. The summed E-state index contributed by atoms with van der Waals surface area (Å²) in [4.78, 5) is 22.8. The van der Waals surface area contributed by atoms with E-state index in [1.807, 2.05) is 17.0 Å². The van der Waals surface area contributed by atoms with Gasteiger partial charge in [-0.2, -0.15) is 4.98 Å². The van der Waals surface area contributed by atoms with E-state index in [-0.39, 0.29) is 11.8 Å². The third-order valence-corrected chi connectivity index (χ3v) is 3.97. The maximum atomic E-state index is 12.3. The van der Waals surface area contributed by atoms with Gasteiger partial charge in [0.25, 0.3) is 5.91 Å². The molecular weight excluding hydrogens is 280 g/mol. The Morgan fingerprint density at radius 3 is 2.86 bits per heavy atom. The summed E-state index contributed by atoms with van der Waals surface area (Å²) in [7, 11) is 0. The van der Waals surface area contributed by atoms with Crippen molar-refractivity contribution in [2.75, 3.05) is 13.1 Å². The molecule has 2 aromatic rings. The molecule has 0 N–H and O–H groups in total. The Morgan fingerprint density at radius 1 is 1.36 bits per heavy atom. The predicted molar refractivity (Wildman–Crippen MR) is 80.4 cm³/mol. The second kappa shape index (κ2) is 6.68. The van der Waals surface area contributed by atoms with Crippen molar-refractivity contribution in [3.63, 3.8) is 0 Å². The summed E-state index contributed by atoms with van der Waals surface area (Å²) in [5.74, 6) is 1.75. The van der Waals surface area contributed by atoms with Gasteiger partial charge in [-0.05, 0) is 31.4 Å². The number of nitrogens with zero attached hydrogens (tertiary/aromatic N) is 4. The third kappa shape index (κ3) is 3.16. The molecule has 1 amide bonds. The number of carbonyl (C=O) groups excluding carboxylic acids is 1. The van der Waals surface area contributed by atoms with Crippen LogP contribution in [0.15, 0.2) is 28.9 Å². The van der Waals surface area contributed by atoms with Gasteiger partial charge in [-0.25, -0.2) is 0 Å². The van der Waals surface area contributed by atoms with Crippen molar-refractivity contribution < 1.29 is 9.32 Å². The molecule has 0 aromatic carbocycles. The predicted octanol–water partition coefficient (Wildman–Crippen LogP) is 2.44. The maximum absolute atomic E-state index is 12.3. The minimum atomic E-state index is -0.00347. The number of carbonyl (C=O) groups is 1. The van der Waals surface area contributed by atoms with Crippen molar-refractivity contribution in [1.82, 2.24) is 20.0 Å². The van der Waals surface area contributed by atoms with Gasteiger partial charge >= 0.3 is 0 Å². The number of aryl methyl sites for hydroxylation is 1. The first-order chi connectivity index (χ1) is 10.8. The standard InChI is InChI=1S/C16H20N4O2/c1-2-5-14-18-15(22-19-14)12-7-10-20(11-8-12)16(21)13-6-3-4-9-17-13/h3-4,6,9,12H,2,5,7-8,10-11H2,1H3. The lowest BCUT2D eigenvalue weighted by Crippen LogP contribution is -2.38. The van der Waals surface area contributed by atoms with Crippen molar-refractivity contribution in [2.24, 2.45) is 0 Å². The van der Waals surface area contributed by atoms with Crippen LogP contribution in [0.2, 0.25) is 0 Å². The van der Waals surface area contributed by atoms with E-state index in [0.29, 0.717) is 24.7 Å². The molecule has 0 spiro atoms. The van der Waals surface area contributed by atoms with Crippen molar-refractivity contribution in [2.45, 2.75) is 38.5 Å². The van der Waals surface area contributed by atoms with Crippen molar-refractivity contribution in [3.05, 3.63) is 41.8 Å². The highest BCUT2D eigenvalue weighted by atomic mass is 16.5. The zero-order valence-electron chi connectivity index (χ0n) is 12.7. The molecule has 0 radical (unpaired) electrons. The number of rotatable bonds is 4. The topological polar surface area (TPSA) is 72.1 Å². The molecule has 0 aliphatic carbocycles. The van der Waals surface area contributed by atoms with Crippen LogP contribution in [0.5, 0.6) is 0 Å². The number of hydrogen-bond acceptors (Lipinski definition) is 5. The largest absolute Gasteiger partial charge is 0.339 e. The van der Waals surface area contributed by atoms with Crippen molar-refractivity contribution >= 4 is 5.91 Å². The molecule has 22 heavy (non-hydrogen) atoms. The molecule has 0 unspecified atom stereocenters. The van der Waals surface area contributed by atoms with Gasteiger partial charge in [0.1, 0.15) is 5.69 Å². The minimum Gasteiger partial charge on any atom is -0.339 e. The maximum Gasteiger partial charge on any atom is 0.272 e. The lowest BCUT2D eigenvalue weighted by molar-refractivity contribution is 0.0698. The molecule has 1 saturated heterocycles. The summed E-state index contributed by atoms with van der Waals surface area (Å²) in [6, 6.07) is 5.40. The highest BCUT2D eigenvalue weighted by molar-refractivity contribution is 5.92. The first-order valence-electron chi connectivity index (χ1n) is 7.80. The van der Waals surface area contributed by atoms with Crippen LogP contribution in [0.25, 0.3) is 0 Å². The van der Waals surface area contributed by atoms with Gasteiger partial charge < -0.3 is 9.42 Å². The first-order valence-corrected chi connectivity index (χ1v) is 7.80. The highest BCUT2D eigenvalue weighted by Crippen LogP contribution is 2.27. The second-order valence-electron chi connectivity index (χ2n) is 5.58. The summed E-state index contributed by atoms with van der Waals surface area (Å²) in [5, 5.41) is 4.01. The third-order valence-electron chi connectivity index (χ3n) is 3.97. The highest BCUT2D eigenvalue weighted by Gasteiger charge is 2.28. The van der Waals surface area contributed by atoms with E-state index in [9.17, 15) is 4.79 Å². The van der Waals surface area contributed by atoms with Gasteiger partial charge in [0, 0.05) is 31.6 Å². The summed E-state index contributed by atoms with van der Waals surface area (Å²) >= 11 is 0. The molecule has 6 heteroatoms. The minimum absolute atomic E-state index is 0.00347. The Morgan fingerprint density at radius 2 is 2.18 bits per heavy atom. The second-order valence-corrected chi connectivity index (χ2v) is 5.58. The average molecular weight is 300 g/mol. The van der Waals surface area contributed by atoms with Gasteiger partial charge in [0.05, 0.1) is 0 Å². The molecule has 116 valence electrons. The molecule has 1 aliphatic rings.